The number of imide groups is 1. The monoisotopic (exact) mass is 544 g/mol. The molecule has 2 unspecified atom stereocenters. The highest BCUT2D eigenvalue weighted by molar-refractivity contribution is 5.99. The van der Waals surface area contributed by atoms with Crippen LogP contribution in [0.25, 0.3) is 0 Å². The zero-order valence-electron chi connectivity index (χ0n) is 24.8. The predicted molar refractivity (Wildman–Crippen MR) is 152 cm³/mol. The lowest BCUT2D eigenvalue weighted by Crippen LogP contribution is -2.69. The predicted octanol–water partition coefficient (Wildman–Crippen LogP) is 1.82. The molecule has 2 fully saturated rings. The molecule has 0 aliphatic carbocycles. The van der Waals surface area contributed by atoms with Gasteiger partial charge in [0.15, 0.2) is 6.04 Å². The Balaban J connectivity index is 1.88. The number of nitrogens with zero attached hydrogens (tertiary/aromatic N) is 1. The zero-order chi connectivity index (χ0) is 29.2. The van der Waals surface area contributed by atoms with Gasteiger partial charge in [-0.25, -0.2) is 0 Å². The van der Waals surface area contributed by atoms with Crippen molar-refractivity contribution in [3.05, 3.63) is 35.9 Å². The molecular weight excluding hydrogens is 494 g/mol. The molecule has 0 bridgehead atoms. The average Bonchev–Trinajstić information content (AvgIpc) is 3.40. The smallest absolute Gasteiger partial charge is 0.285 e. The molecular formula is C30H50N5O4+. The van der Waals surface area contributed by atoms with Crippen LogP contribution < -0.4 is 21.7 Å². The Hall–Kier alpha value is -2.33. The summed E-state index contributed by atoms with van der Waals surface area (Å²) in [6, 6.07) is 7.94. The minimum absolute atomic E-state index is 0.0139. The van der Waals surface area contributed by atoms with E-state index in [0.717, 1.165) is 12.0 Å². The summed E-state index contributed by atoms with van der Waals surface area (Å²) in [4.78, 5) is 40.1. The number of aliphatic hydroxyl groups is 1. The molecule has 2 saturated heterocycles. The number of rotatable bonds is 9. The topological polar surface area (TPSA) is 134 Å². The van der Waals surface area contributed by atoms with E-state index in [1.807, 2.05) is 78.8 Å². The molecule has 6 atom stereocenters. The van der Waals surface area contributed by atoms with Gasteiger partial charge in [0.1, 0.15) is 5.54 Å². The fourth-order valence-electron chi connectivity index (χ4n) is 6.29. The Morgan fingerprint density at radius 3 is 2.26 bits per heavy atom. The Labute approximate surface area is 233 Å². The lowest BCUT2D eigenvalue weighted by Gasteiger charge is -2.43. The maximum Gasteiger partial charge on any atom is 0.285 e. The summed E-state index contributed by atoms with van der Waals surface area (Å²) in [6.45, 7) is 14.8. The van der Waals surface area contributed by atoms with E-state index in [1.165, 1.54) is 0 Å². The first kappa shape index (κ1) is 31.2. The number of hydrogen-bond acceptors (Lipinski definition) is 6. The van der Waals surface area contributed by atoms with Crippen LogP contribution >= 0.6 is 0 Å². The Kier molecular flexibility index (Phi) is 9.63. The van der Waals surface area contributed by atoms with Gasteiger partial charge in [-0.15, -0.1) is 0 Å². The molecule has 1 spiro atoms. The average molecular weight is 545 g/mol. The fourth-order valence-corrected chi connectivity index (χ4v) is 6.29. The maximum absolute atomic E-state index is 13.7. The Morgan fingerprint density at radius 2 is 1.69 bits per heavy atom. The van der Waals surface area contributed by atoms with E-state index in [2.05, 4.69) is 16.0 Å². The second-order valence-electron chi connectivity index (χ2n) is 13.4. The van der Waals surface area contributed by atoms with Crippen molar-refractivity contribution in [2.45, 2.75) is 110 Å². The Bertz CT molecular complexity index is 1020. The second kappa shape index (κ2) is 12.0. The minimum Gasteiger partial charge on any atom is -0.343 e. The first-order chi connectivity index (χ1) is 18.1. The third kappa shape index (κ3) is 6.88. The molecule has 218 valence electrons. The molecule has 2 heterocycles. The molecule has 0 radical (unpaired) electrons. The minimum atomic E-state index is -1.03. The maximum atomic E-state index is 13.7. The van der Waals surface area contributed by atoms with E-state index in [0.29, 0.717) is 32.4 Å². The van der Waals surface area contributed by atoms with Crippen LogP contribution in [0.4, 0.5) is 0 Å². The quantitative estimate of drug-likeness (QED) is 0.301. The number of nitrogens with one attached hydrogen (secondary N) is 3. The van der Waals surface area contributed by atoms with E-state index in [4.69, 9.17) is 5.73 Å². The second-order valence-corrected chi connectivity index (χ2v) is 13.4. The lowest BCUT2D eigenvalue weighted by molar-refractivity contribution is -0.963. The van der Waals surface area contributed by atoms with Crippen LogP contribution in [0.5, 0.6) is 0 Å². The van der Waals surface area contributed by atoms with Crippen LogP contribution in [0.15, 0.2) is 30.3 Å². The van der Waals surface area contributed by atoms with Gasteiger partial charge in [-0.05, 0) is 38.2 Å². The van der Waals surface area contributed by atoms with Crippen LogP contribution in [0.1, 0.15) is 73.3 Å². The van der Waals surface area contributed by atoms with E-state index in [9.17, 15) is 19.5 Å². The van der Waals surface area contributed by atoms with Gasteiger partial charge in [-0.2, -0.15) is 0 Å². The number of benzene rings is 1. The molecule has 39 heavy (non-hydrogen) atoms. The number of carbonyl (C=O) groups excluding carboxylic acids is 3. The molecule has 6 N–H and O–H groups in total. The van der Waals surface area contributed by atoms with Crippen LogP contribution in [0, 0.1) is 11.8 Å². The largest absolute Gasteiger partial charge is 0.343 e. The van der Waals surface area contributed by atoms with E-state index < -0.39 is 29.9 Å². The summed E-state index contributed by atoms with van der Waals surface area (Å²) in [5.74, 6) is -1.09. The summed E-state index contributed by atoms with van der Waals surface area (Å²) >= 11 is 0. The molecule has 2 aliphatic rings. The van der Waals surface area contributed by atoms with Gasteiger partial charge in [0.2, 0.25) is 18.0 Å². The molecule has 9 heteroatoms. The number of hydrogen-bond donors (Lipinski definition) is 5. The fraction of sp³-hybridized carbons (Fsp3) is 0.700. The zero-order valence-corrected chi connectivity index (χ0v) is 24.8. The van der Waals surface area contributed by atoms with Gasteiger partial charge >= 0.3 is 0 Å². The highest BCUT2D eigenvalue weighted by Crippen LogP contribution is 2.43. The molecule has 0 saturated carbocycles. The van der Waals surface area contributed by atoms with Gasteiger partial charge in [-0.3, -0.25) is 24.2 Å². The third-order valence-electron chi connectivity index (χ3n) is 8.47. The van der Waals surface area contributed by atoms with Gasteiger partial charge in [0.05, 0.1) is 25.2 Å². The molecule has 9 nitrogen and oxygen atoms in total. The van der Waals surface area contributed by atoms with Gasteiger partial charge in [-0.1, -0.05) is 58.0 Å². The summed E-state index contributed by atoms with van der Waals surface area (Å²) in [5.41, 5.74) is 5.91. The van der Waals surface area contributed by atoms with Crippen molar-refractivity contribution in [3.8, 4) is 0 Å². The highest BCUT2D eigenvalue weighted by atomic mass is 16.3. The molecule has 1 aromatic rings. The van der Waals surface area contributed by atoms with Crippen molar-refractivity contribution in [1.29, 1.82) is 0 Å². The van der Waals surface area contributed by atoms with E-state index >= 15 is 0 Å². The third-order valence-corrected chi connectivity index (χ3v) is 8.47. The van der Waals surface area contributed by atoms with Crippen molar-refractivity contribution in [1.82, 2.24) is 16.0 Å². The summed E-state index contributed by atoms with van der Waals surface area (Å²) < 4.78 is 0.141. The van der Waals surface area contributed by atoms with Crippen LogP contribution in [0.2, 0.25) is 0 Å². The van der Waals surface area contributed by atoms with Crippen LogP contribution in [-0.2, 0) is 20.8 Å². The lowest BCUT2D eigenvalue weighted by atomic mass is 9.87. The molecule has 3 amide bonds. The first-order valence-electron chi connectivity index (χ1n) is 14.4. The number of nitrogens with two attached hydrogens (primary N) is 1. The van der Waals surface area contributed by atoms with Crippen molar-refractivity contribution in [2.75, 3.05) is 13.1 Å². The SMILES string of the molecule is CC(C)[C@H](N)C(=O)N[C@]1(Cc2ccccc2)CC[N+]2(CCC[C@H]2C(=O)NC(=O)[C@@H](NC(C)(C)C)C(C)C)C1O. The molecule has 3 rings (SSSR count). The highest BCUT2D eigenvalue weighted by Gasteiger charge is 2.64. The van der Waals surface area contributed by atoms with Crippen molar-refractivity contribution in [3.63, 3.8) is 0 Å². The first-order valence-corrected chi connectivity index (χ1v) is 14.4. The van der Waals surface area contributed by atoms with Crippen LogP contribution in [-0.4, -0.2) is 75.8 Å². The number of quaternary nitrogens is 1. The summed E-state index contributed by atoms with van der Waals surface area (Å²) in [6.07, 6.45) is 1.21. The van der Waals surface area contributed by atoms with Crippen LogP contribution in [0.3, 0.4) is 0 Å². The normalized spacial score (nSPS) is 28.6. The van der Waals surface area contributed by atoms with Crippen molar-refractivity contribution < 1.29 is 24.0 Å². The van der Waals surface area contributed by atoms with Crippen molar-refractivity contribution in [2.24, 2.45) is 17.6 Å². The summed E-state index contributed by atoms with van der Waals surface area (Å²) in [7, 11) is 0. The standard InChI is InChI=1S/C30H49N5O4/c1-19(2)23(31)26(37)34-30(18-21-12-9-8-10-13-21)15-17-35(28(30)39)16-11-14-22(35)25(36)32-27(38)24(20(3)4)33-29(5,6)7/h8-10,12-13,19-20,22-24,28,33,39H,11,14-18,31H2,1-7H3,(H-,32,34,36,37,38)/p+1/t22-,23-,24-,28?,30-,35?/m0/s1. The van der Waals surface area contributed by atoms with Gasteiger partial charge in [0, 0.05) is 31.2 Å². The van der Waals surface area contributed by atoms with Crippen molar-refractivity contribution >= 4 is 17.7 Å². The molecule has 0 aromatic heterocycles. The Morgan fingerprint density at radius 1 is 1.05 bits per heavy atom. The van der Waals surface area contributed by atoms with E-state index in [-0.39, 0.29) is 39.6 Å². The van der Waals surface area contributed by atoms with Gasteiger partial charge < -0.3 is 21.5 Å². The number of aliphatic hydroxyl groups excluding tert-OH is 1. The van der Waals surface area contributed by atoms with E-state index in [1.54, 1.807) is 0 Å². The summed E-state index contributed by atoms with van der Waals surface area (Å²) in [5, 5.41) is 21.2. The molecule has 2 aliphatic heterocycles. The number of carbonyl (C=O) groups is 3. The molecule has 1 aromatic carbocycles. The van der Waals surface area contributed by atoms with Gasteiger partial charge in [0.25, 0.3) is 5.91 Å². The number of amides is 3.